The van der Waals surface area contributed by atoms with Gasteiger partial charge in [0.25, 0.3) is 0 Å². The van der Waals surface area contributed by atoms with Crippen molar-refractivity contribution in [3.63, 3.8) is 0 Å². The van der Waals surface area contributed by atoms with Crippen molar-refractivity contribution in [2.75, 3.05) is 6.79 Å². The van der Waals surface area contributed by atoms with Crippen LogP contribution in [-0.4, -0.2) is 25.0 Å². The van der Waals surface area contributed by atoms with Crippen LogP contribution in [0, 0.1) is 0 Å². The summed E-state index contributed by atoms with van der Waals surface area (Å²) in [6, 6.07) is 0. The molecule has 0 rings (SSSR count). The van der Waals surface area contributed by atoms with Crippen LogP contribution in [0.1, 0.15) is 27.2 Å². The van der Waals surface area contributed by atoms with Crippen LogP contribution >= 0.6 is 0 Å². The van der Waals surface area contributed by atoms with Crippen LogP contribution in [0.25, 0.3) is 0 Å². The molecule has 0 aromatic carbocycles. The third-order valence-corrected chi connectivity index (χ3v) is 1.02. The molecular formula is C8H14O5. The first-order valence-electron chi connectivity index (χ1n) is 4.05. The molecule has 0 saturated heterocycles. The molecule has 0 heterocycles. The number of carbonyl (C=O) groups excluding carboxylic acids is 2. The Bertz CT molecular complexity index is 175. The molecule has 0 saturated carbocycles. The molecule has 0 unspecified atom stereocenters. The Morgan fingerprint density at radius 3 is 2.31 bits per heavy atom. The van der Waals surface area contributed by atoms with Crippen molar-refractivity contribution in [1.82, 2.24) is 0 Å². The summed E-state index contributed by atoms with van der Waals surface area (Å²) in [5.74, 6) is -0.419. The lowest BCUT2D eigenvalue weighted by atomic mass is 10.5. The van der Waals surface area contributed by atoms with Crippen LogP contribution in [0.5, 0.6) is 0 Å². The maximum atomic E-state index is 10.7. The fourth-order valence-corrected chi connectivity index (χ4v) is 0.472. The Kier molecular flexibility index (Phi) is 5.67. The molecule has 0 aliphatic rings. The minimum absolute atomic E-state index is 0.241. The second-order valence-corrected chi connectivity index (χ2v) is 2.55. The molecule has 76 valence electrons. The standard InChI is InChI=1S/C8H14O5/c1-4-7(9)11-5-12-8(10)13-6(2)3/h6H,4-5H2,1-3H3. The van der Waals surface area contributed by atoms with E-state index in [0.29, 0.717) is 0 Å². The third kappa shape index (κ3) is 7.11. The molecule has 0 aliphatic heterocycles. The molecule has 0 amide bonds. The number of carbonyl (C=O) groups is 2. The monoisotopic (exact) mass is 190 g/mol. The Labute approximate surface area is 77.0 Å². The van der Waals surface area contributed by atoms with E-state index in [1.165, 1.54) is 0 Å². The highest BCUT2D eigenvalue weighted by Gasteiger charge is 2.07. The van der Waals surface area contributed by atoms with Crippen molar-refractivity contribution in [3.05, 3.63) is 0 Å². The molecule has 5 nitrogen and oxygen atoms in total. The molecule has 0 bridgehead atoms. The van der Waals surface area contributed by atoms with Gasteiger partial charge in [-0.15, -0.1) is 0 Å². The summed E-state index contributed by atoms with van der Waals surface area (Å²) < 4.78 is 13.5. The number of esters is 1. The van der Waals surface area contributed by atoms with Crippen molar-refractivity contribution in [1.29, 1.82) is 0 Å². The zero-order valence-corrected chi connectivity index (χ0v) is 8.03. The molecule has 0 fully saturated rings. The normalized spacial score (nSPS) is 9.54. The quantitative estimate of drug-likeness (QED) is 0.496. The van der Waals surface area contributed by atoms with E-state index >= 15 is 0 Å². The lowest BCUT2D eigenvalue weighted by Gasteiger charge is -2.08. The number of hydrogen-bond acceptors (Lipinski definition) is 5. The molecule has 0 spiro atoms. The van der Waals surface area contributed by atoms with Crippen LogP contribution < -0.4 is 0 Å². The van der Waals surface area contributed by atoms with Crippen LogP contribution in [0.2, 0.25) is 0 Å². The summed E-state index contributed by atoms with van der Waals surface area (Å²) in [6.45, 7) is 4.64. The predicted octanol–water partition coefficient (Wildman–Crippen LogP) is 1.46. The molecule has 5 heteroatoms. The van der Waals surface area contributed by atoms with E-state index in [1.54, 1.807) is 20.8 Å². The Hall–Kier alpha value is -1.26. The fourth-order valence-electron chi connectivity index (χ4n) is 0.472. The lowest BCUT2D eigenvalue weighted by Crippen LogP contribution is -2.16. The van der Waals surface area contributed by atoms with Gasteiger partial charge in [-0.05, 0) is 13.8 Å². The van der Waals surface area contributed by atoms with Gasteiger partial charge in [-0.25, -0.2) is 4.79 Å². The average molecular weight is 190 g/mol. The molecular weight excluding hydrogens is 176 g/mol. The van der Waals surface area contributed by atoms with E-state index in [9.17, 15) is 9.59 Å². The molecule has 13 heavy (non-hydrogen) atoms. The highest BCUT2D eigenvalue weighted by Crippen LogP contribution is 1.93. The molecule has 0 atom stereocenters. The smallest absolute Gasteiger partial charge is 0.431 e. The number of rotatable bonds is 4. The van der Waals surface area contributed by atoms with Crippen molar-refractivity contribution < 1.29 is 23.8 Å². The largest absolute Gasteiger partial charge is 0.511 e. The van der Waals surface area contributed by atoms with Crippen molar-refractivity contribution in [2.45, 2.75) is 33.3 Å². The van der Waals surface area contributed by atoms with Crippen LogP contribution in [0.15, 0.2) is 0 Å². The second-order valence-electron chi connectivity index (χ2n) is 2.55. The van der Waals surface area contributed by atoms with E-state index in [1.807, 2.05) is 0 Å². The maximum Gasteiger partial charge on any atom is 0.511 e. The van der Waals surface area contributed by atoms with Crippen molar-refractivity contribution >= 4 is 12.1 Å². The molecule has 0 N–H and O–H groups in total. The van der Waals surface area contributed by atoms with Gasteiger partial charge in [0, 0.05) is 6.42 Å². The topological polar surface area (TPSA) is 61.8 Å². The Balaban J connectivity index is 3.42. The molecule has 0 aromatic heterocycles. The Morgan fingerprint density at radius 1 is 1.23 bits per heavy atom. The van der Waals surface area contributed by atoms with E-state index in [-0.39, 0.29) is 12.5 Å². The minimum Gasteiger partial charge on any atom is -0.431 e. The SMILES string of the molecule is CCC(=O)OCOC(=O)OC(C)C. The fraction of sp³-hybridized carbons (Fsp3) is 0.750. The van der Waals surface area contributed by atoms with Gasteiger partial charge < -0.3 is 14.2 Å². The summed E-state index contributed by atoms with van der Waals surface area (Å²) in [6.07, 6.45) is -0.823. The first-order chi connectivity index (χ1) is 6.06. The first kappa shape index (κ1) is 11.7. The van der Waals surface area contributed by atoms with Gasteiger partial charge in [0.15, 0.2) is 0 Å². The highest BCUT2D eigenvalue weighted by atomic mass is 16.8. The van der Waals surface area contributed by atoms with Crippen LogP contribution in [-0.2, 0) is 19.0 Å². The summed E-state index contributed by atoms with van der Waals surface area (Å²) in [5, 5.41) is 0. The summed E-state index contributed by atoms with van der Waals surface area (Å²) in [7, 11) is 0. The molecule has 0 aromatic rings. The lowest BCUT2D eigenvalue weighted by molar-refractivity contribution is -0.153. The number of ether oxygens (including phenoxy) is 3. The van der Waals surface area contributed by atoms with Crippen LogP contribution in [0.4, 0.5) is 4.79 Å². The van der Waals surface area contributed by atoms with Gasteiger partial charge in [0.1, 0.15) is 0 Å². The highest BCUT2D eigenvalue weighted by molar-refractivity contribution is 5.69. The maximum absolute atomic E-state index is 10.7. The van der Waals surface area contributed by atoms with E-state index < -0.39 is 18.9 Å². The average Bonchev–Trinajstić information content (AvgIpc) is 2.02. The summed E-state index contributed by atoms with van der Waals surface area (Å²) in [4.78, 5) is 21.2. The van der Waals surface area contributed by atoms with Gasteiger partial charge in [-0.3, -0.25) is 4.79 Å². The van der Waals surface area contributed by atoms with Gasteiger partial charge in [0.2, 0.25) is 6.79 Å². The van der Waals surface area contributed by atoms with Crippen molar-refractivity contribution in [2.24, 2.45) is 0 Å². The van der Waals surface area contributed by atoms with Crippen LogP contribution in [0.3, 0.4) is 0 Å². The van der Waals surface area contributed by atoms with E-state index in [0.717, 1.165) is 0 Å². The van der Waals surface area contributed by atoms with E-state index in [2.05, 4.69) is 14.2 Å². The van der Waals surface area contributed by atoms with Crippen molar-refractivity contribution in [3.8, 4) is 0 Å². The van der Waals surface area contributed by atoms with Gasteiger partial charge in [-0.1, -0.05) is 6.92 Å². The van der Waals surface area contributed by atoms with Gasteiger partial charge >= 0.3 is 12.1 Å². The van der Waals surface area contributed by atoms with Gasteiger partial charge in [-0.2, -0.15) is 0 Å². The van der Waals surface area contributed by atoms with Gasteiger partial charge in [0.05, 0.1) is 6.10 Å². The van der Waals surface area contributed by atoms with E-state index in [4.69, 9.17) is 0 Å². The second kappa shape index (κ2) is 6.28. The molecule has 0 aliphatic carbocycles. The minimum atomic E-state index is -0.834. The first-order valence-corrected chi connectivity index (χ1v) is 4.05. The third-order valence-electron chi connectivity index (χ3n) is 1.02. The zero-order chi connectivity index (χ0) is 10.3. The summed E-state index contributed by atoms with van der Waals surface area (Å²) in [5.41, 5.74) is 0. The predicted molar refractivity (Wildman–Crippen MR) is 44.0 cm³/mol. The number of hydrogen-bond donors (Lipinski definition) is 0. The molecule has 0 radical (unpaired) electrons. The summed E-state index contributed by atoms with van der Waals surface area (Å²) >= 11 is 0. The zero-order valence-electron chi connectivity index (χ0n) is 8.03. The Morgan fingerprint density at radius 2 is 1.85 bits per heavy atom.